The zero-order valence-electron chi connectivity index (χ0n) is 12.3. The first-order chi connectivity index (χ1) is 9.71. The smallest absolute Gasteiger partial charge is 0.228 e. The van der Waals surface area contributed by atoms with Crippen LogP contribution < -0.4 is 0 Å². The van der Waals surface area contributed by atoms with Gasteiger partial charge in [0.15, 0.2) is 14.9 Å². The first-order valence-corrected chi connectivity index (χ1v) is 11.1. The van der Waals surface area contributed by atoms with Crippen LogP contribution in [-0.4, -0.2) is 50.9 Å². The number of hydrogen-bond acceptors (Lipinski definition) is 5. The third-order valence-electron chi connectivity index (χ3n) is 4.28. The lowest BCUT2D eigenvalue weighted by Crippen LogP contribution is -2.51. The van der Waals surface area contributed by atoms with E-state index in [0.29, 0.717) is 25.8 Å². The summed E-state index contributed by atoms with van der Waals surface area (Å²) in [5.74, 6) is -0.124. The molecule has 1 saturated carbocycles. The molecule has 0 aromatic heterocycles. The molecule has 2 atom stereocenters. The summed E-state index contributed by atoms with van der Waals surface area (Å²) in [5, 5.41) is -0.864. The Morgan fingerprint density at radius 2 is 1.71 bits per heavy atom. The Kier molecular flexibility index (Phi) is 5.10. The number of carbonyl (C=O) groups excluding carboxylic acids is 1. The van der Waals surface area contributed by atoms with E-state index >= 15 is 0 Å². The van der Waals surface area contributed by atoms with Crippen LogP contribution in [0.25, 0.3) is 0 Å². The Hall–Kier alpha value is -0.470. The van der Waals surface area contributed by atoms with Crippen molar-refractivity contribution in [3.8, 4) is 0 Å². The summed E-state index contributed by atoms with van der Waals surface area (Å²) < 4.78 is 48.8. The lowest BCUT2D eigenvalue weighted by atomic mass is 9.80. The summed E-state index contributed by atoms with van der Waals surface area (Å²) in [7, 11) is -7.48. The van der Waals surface area contributed by atoms with Crippen molar-refractivity contribution in [1.29, 1.82) is 0 Å². The summed E-state index contributed by atoms with van der Waals surface area (Å²) in [5.41, 5.74) is 0. The van der Waals surface area contributed by atoms with Crippen LogP contribution in [0.3, 0.4) is 0 Å². The molecule has 0 amide bonds. The van der Waals surface area contributed by atoms with Crippen LogP contribution in [0.5, 0.6) is 0 Å². The molecule has 1 aliphatic carbocycles. The van der Waals surface area contributed by atoms with Gasteiger partial charge >= 0.3 is 0 Å². The summed E-state index contributed by atoms with van der Waals surface area (Å²) in [6.45, 7) is 0.326. The van der Waals surface area contributed by atoms with Gasteiger partial charge in [-0.05, 0) is 25.7 Å². The van der Waals surface area contributed by atoms with Gasteiger partial charge in [-0.3, -0.25) is 4.79 Å². The fraction of sp³-hybridized carbons (Fsp3) is 0.923. The van der Waals surface area contributed by atoms with Gasteiger partial charge < -0.3 is 0 Å². The van der Waals surface area contributed by atoms with Crippen molar-refractivity contribution in [2.24, 2.45) is 5.92 Å². The van der Waals surface area contributed by atoms with E-state index in [1.54, 1.807) is 0 Å². The molecule has 0 spiro atoms. The van der Waals surface area contributed by atoms with Crippen LogP contribution in [0.4, 0.5) is 0 Å². The standard InChI is InChI=1S/C13H23NO5S2/c1-20(16,17)10-21(18,19)14-9-5-4-7-12(14)11-6-2-3-8-13(11)15/h11-12H,2-10H2,1H3. The normalized spacial score (nSPS) is 29.5. The number of carbonyl (C=O) groups is 1. The molecule has 1 saturated heterocycles. The molecular formula is C13H23NO5S2. The van der Waals surface area contributed by atoms with E-state index < -0.39 is 24.9 Å². The number of sulfone groups is 1. The van der Waals surface area contributed by atoms with E-state index in [1.807, 2.05) is 0 Å². The number of piperidine rings is 1. The topological polar surface area (TPSA) is 88.6 Å². The first kappa shape index (κ1) is 16.9. The van der Waals surface area contributed by atoms with E-state index in [0.717, 1.165) is 31.9 Å². The van der Waals surface area contributed by atoms with Crippen molar-refractivity contribution in [2.75, 3.05) is 17.9 Å². The predicted octanol–water partition coefficient (Wildman–Crippen LogP) is 0.932. The third-order valence-corrected chi connectivity index (χ3v) is 8.36. The van der Waals surface area contributed by atoms with Crippen LogP contribution in [0.15, 0.2) is 0 Å². The molecule has 0 aromatic rings. The minimum atomic E-state index is -3.87. The van der Waals surface area contributed by atoms with Gasteiger partial charge in [0.25, 0.3) is 0 Å². The Balaban J connectivity index is 2.24. The quantitative estimate of drug-likeness (QED) is 0.761. The largest absolute Gasteiger partial charge is 0.299 e. The molecule has 2 rings (SSSR count). The summed E-state index contributed by atoms with van der Waals surface area (Å²) in [6, 6.07) is -0.349. The number of hydrogen-bond donors (Lipinski definition) is 0. The van der Waals surface area contributed by atoms with Gasteiger partial charge in [0.2, 0.25) is 10.0 Å². The summed E-state index contributed by atoms with van der Waals surface area (Å²) in [6.07, 6.45) is 6.23. The fourth-order valence-corrected chi connectivity index (χ4v) is 7.21. The average molecular weight is 337 g/mol. The van der Waals surface area contributed by atoms with Crippen molar-refractivity contribution >= 4 is 25.6 Å². The lowest BCUT2D eigenvalue weighted by molar-refractivity contribution is -0.126. The monoisotopic (exact) mass is 337 g/mol. The van der Waals surface area contributed by atoms with Crippen molar-refractivity contribution in [2.45, 2.75) is 51.0 Å². The van der Waals surface area contributed by atoms with Gasteiger partial charge in [-0.1, -0.05) is 12.8 Å². The highest BCUT2D eigenvalue weighted by Crippen LogP contribution is 2.33. The van der Waals surface area contributed by atoms with Gasteiger partial charge in [-0.15, -0.1) is 0 Å². The summed E-state index contributed by atoms with van der Waals surface area (Å²) in [4.78, 5) is 12.1. The highest BCUT2D eigenvalue weighted by Gasteiger charge is 2.41. The van der Waals surface area contributed by atoms with Crippen LogP contribution in [0.1, 0.15) is 44.9 Å². The SMILES string of the molecule is CS(=O)(=O)CS(=O)(=O)N1CCCCC1C1CCCCC1=O. The van der Waals surface area contributed by atoms with E-state index in [-0.39, 0.29) is 17.7 Å². The predicted molar refractivity (Wildman–Crippen MR) is 79.9 cm³/mol. The lowest BCUT2D eigenvalue weighted by Gasteiger charge is -2.40. The second-order valence-corrected chi connectivity index (χ2v) is 10.6. The van der Waals surface area contributed by atoms with Crippen molar-refractivity contribution in [1.82, 2.24) is 4.31 Å². The highest BCUT2D eigenvalue weighted by molar-refractivity contribution is 8.06. The fourth-order valence-electron chi connectivity index (χ4n) is 3.43. The Morgan fingerprint density at radius 1 is 1.05 bits per heavy atom. The van der Waals surface area contributed by atoms with Crippen LogP contribution >= 0.6 is 0 Å². The molecule has 0 radical (unpaired) electrons. The van der Waals surface area contributed by atoms with Gasteiger partial charge in [-0.2, -0.15) is 4.31 Å². The molecule has 2 aliphatic rings. The molecule has 1 aliphatic heterocycles. The molecular weight excluding hydrogens is 314 g/mol. The highest BCUT2D eigenvalue weighted by atomic mass is 32.3. The summed E-state index contributed by atoms with van der Waals surface area (Å²) >= 11 is 0. The second kappa shape index (κ2) is 6.34. The Labute approximate surface area is 126 Å². The third kappa shape index (κ3) is 4.26. The molecule has 2 unspecified atom stereocenters. The van der Waals surface area contributed by atoms with E-state index in [2.05, 4.69) is 0 Å². The average Bonchev–Trinajstić information content (AvgIpc) is 2.36. The zero-order valence-corrected chi connectivity index (χ0v) is 14.0. The minimum Gasteiger partial charge on any atom is -0.299 e. The Bertz CT molecular complexity index is 596. The van der Waals surface area contributed by atoms with E-state index in [1.165, 1.54) is 4.31 Å². The van der Waals surface area contributed by atoms with Gasteiger partial charge in [0, 0.05) is 31.2 Å². The Morgan fingerprint density at radius 3 is 2.33 bits per heavy atom. The second-order valence-electron chi connectivity index (χ2n) is 6.15. The van der Waals surface area contributed by atoms with Crippen LogP contribution in [0.2, 0.25) is 0 Å². The van der Waals surface area contributed by atoms with Gasteiger partial charge in [-0.25, -0.2) is 16.8 Å². The number of sulfonamides is 1. The first-order valence-electron chi connectivity index (χ1n) is 7.41. The maximum atomic E-state index is 12.4. The molecule has 122 valence electrons. The number of nitrogens with zero attached hydrogens (tertiary/aromatic N) is 1. The molecule has 0 N–H and O–H groups in total. The molecule has 1 heterocycles. The van der Waals surface area contributed by atoms with Gasteiger partial charge in [0.1, 0.15) is 5.78 Å². The zero-order chi connectivity index (χ0) is 15.7. The van der Waals surface area contributed by atoms with Crippen LogP contribution in [-0.2, 0) is 24.7 Å². The van der Waals surface area contributed by atoms with Crippen molar-refractivity contribution in [3.63, 3.8) is 0 Å². The number of rotatable bonds is 4. The van der Waals surface area contributed by atoms with Crippen LogP contribution in [0, 0.1) is 5.92 Å². The maximum Gasteiger partial charge on any atom is 0.228 e. The number of Topliss-reactive ketones (excluding diaryl/α,β-unsaturated/α-hetero) is 1. The molecule has 0 bridgehead atoms. The minimum absolute atomic E-state index is 0.132. The molecule has 8 heteroatoms. The molecule has 2 fully saturated rings. The van der Waals surface area contributed by atoms with Crippen molar-refractivity contribution < 1.29 is 21.6 Å². The van der Waals surface area contributed by atoms with Gasteiger partial charge in [0.05, 0.1) is 0 Å². The molecule has 6 nitrogen and oxygen atoms in total. The van der Waals surface area contributed by atoms with E-state index in [4.69, 9.17) is 0 Å². The molecule has 0 aromatic carbocycles. The number of ketones is 1. The molecule has 21 heavy (non-hydrogen) atoms. The van der Waals surface area contributed by atoms with Crippen molar-refractivity contribution in [3.05, 3.63) is 0 Å². The maximum absolute atomic E-state index is 12.4. The van der Waals surface area contributed by atoms with E-state index in [9.17, 15) is 21.6 Å².